The second-order valence-electron chi connectivity index (χ2n) is 5.01. The molecule has 0 unspecified atom stereocenters. The minimum atomic E-state index is 0. The van der Waals surface area contributed by atoms with Gasteiger partial charge in [0, 0.05) is 16.6 Å². The summed E-state index contributed by atoms with van der Waals surface area (Å²) in [6, 6.07) is 5.70. The molecule has 5 heteroatoms. The summed E-state index contributed by atoms with van der Waals surface area (Å²) in [5.74, 6) is 0.820. The maximum absolute atomic E-state index is 6.20. The van der Waals surface area contributed by atoms with Gasteiger partial charge in [-0.15, -0.1) is 12.4 Å². The Bertz CT molecular complexity index is 390. The highest BCUT2D eigenvalue weighted by molar-refractivity contribution is 6.33. The Kier molecular flexibility index (Phi) is 7.48. The molecule has 0 aromatic heterocycles. The minimum absolute atomic E-state index is 0. The third-order valence-corrected chi connectivity index (χ3v) is 4.21. The largest absolute Gasteiger partial charge is 0.319 e. The average molecular weight is 324 g/mol. The van der Waals surface area contributed by atoms with Crippen molar-refractivity contribution in [2.75, 3.05) is 26.7 Å². The van der Waals surface area contributed by atoms with Gasteiger partial charge in [-0.2, -0.15) is 0 Å². The van der Waals surface area contributed by atoms with E-state index in [0.29, 0.717) is 0 Å². The van der Waals surface area contributed by atoms with Crippen LogP contribution in [0.3, 0.4) is 0 Å². The van der Waals surface area contributed by atoms with E-state index in [1.165, 1.54) is 12.8 Å². The lowest BCUT2D eigenvalue weighted by Crippen LogP contribution is -2.36. The molecule has 1 fully saturated rings. The van der Waals surface area contributed by atoms with Crippen molar-refractivity contribution in [2.24, 2.45) is 5.92 Å². The van der Waals surface area contributed by atoms with Crippen LogP contribution in [-0.4, -0.2) is 31.6 Å². The Morgan fingerprint density at radius 2 is 1.95 bits per heavy atom. The molecule has 0 aliphatic carbocycles. The number of benzene rings is 1. The normalized spacial score (nSPS) is 17.2. The third kappa shape index (κ3) is 5.13. The molecular weight excluding hydrogens is 303 g/mol. The maximum atomic E-state index is 6.20. The van der Waals surface area contributed by atoms with Crippen molar-refractivity contribution in [1.82, 2.24) is 10.2 Å². The summed E-state index contributed by atoms with van der Waals surface area (Å²) in [7, 11) is 2.03. The van der Waals surface area contributed by atoms with Gasteiger partial charge in [0.05, 0.1) is 0 Å². The van der Waals surface area contributed by atoms with Gasteiger partial charge in [-0.1, -0.05) is 23.2 Å². The highest BCUT2D eigenvalue weighted by Crippen LogP contribution is 2.24. The molecule has 0 atom stereocenters. The van der Waals surface area contributed by atoms with Crippen molar-refractivity contribution >= 4 is 35.6 Å². The van der Waals surface area contributed by atoms with Gasteiger partial charge in [-0.05, 0) is 69.2 Å². The molecule has 2 nitrogen and oxygen atoms in total. The molecule has 1 heterocycles. The highest BCUT2D eigenvalue weighted by Gasteiger charge is 2.19. The van der Waals surface area contributed by atoms with E-state index in [4.69, 9.17) is 23.2 Å². The standard InChI is InChI=1S/C14H20Cl2N2.ClH/c1-17-9-11-4-6-18(7-5-11)10-12-8-13(15)2-3-14(12)16;/h2-3,8,11,17H,4-7,9-10H2,1H3;1H. The summed E-state index contributed by atoms with van der Waals surface area (Å²) in [5, 5.41) is 4.84. The first kappa shape index (κ1) is 17.1. The molecule has 0 spiro atoms. The molecule has 19 heavy (non-hydrogen) atoms. The number of halogens is 3. The van der Waals surface area contributed by atoms with Crippen LogP contribution in [0.1, 0.15) is 18.4 Å². The second-order valence-corrected chi connectivity index (χ2v) is 5.86. The molecule has 1 aromatic rings. The van der Waals surface area contributed by atoms with Gasteiger partial charge in [-0.25, -0.2) is 0 Å². The van der Waals surface area contributed by atoms with Crippen LogP contribution in [0.4, 0.5) is 0 Å². The molecule has 0 amide bonds. The van der Waals surface area contributed by atoms with E-state index >= 15 is 0 Å². The average Bonchev–Trinajstić information content (AvgIpc) is 2.37. The molecule has 1 aromatic carbocycles. The number of nitrogens with one attached hydrogen (secondary N) is 1. The van der Waals surface area contributed by atoms with Gasteiger partial charge >= 0.3 is 0 Å². The number of hydrogen-bond acceptors (Lipinski definition) is 2. The smallest absolute Gasteiger partial charge is 0.0452 e. The van der Waals surface area contributed by atoms with Crippen LogP contribution in [0.5, 0.6) is 0 Å². The molecule has 1 aliphatic rings. The van der Waals surface area contributed by atoms with E-state index in [-0.39, 0.29) is 12.4 Å². The number of likely N-dealkylation sites (tertiary alicyclic amines) is 1. The lowest BCUT2D eigenvalue weighted by molar-refractivity contribution is 0.177. The van der Waals surface area contributed by atoms with Crippen molar-refractivity contribution in [3.63, 3.8) is 0 Å². The number of rotatable bonds is 4. The van der Waals surface area contributed by atoms with Crippen molar-refractivity contribution in [2.45, 2.75) is 19.4 Å². The SMILES string of the molecule is CNCC1CCN(Cc2cc(Cl)ccc2Cl)CC1.Cl. The van der Waals surface area contributed by atoms with E-state index in [9.17, 15) is 0 Å². The molecule has 0 radical (unpaired) electrons. The molecule has 1 saturated heterocycles. The number of nitrogens with zero attached hydrogens (tertiary/aromatic N) is 1. The predicted octanol–water partition coefficient (Wildman–Crippen LogP) is 3.85. The van der Waals surface area contributed by atoms with Gasteiger partial charge in [0.2, 0.25) is 0 Å². The quantitative estimate of drug-likeness (QED) is 0.905. The van der Waals surface area contributed by atoms with E-state index < -0.39 is 0 Å². The van der Waals surface area contributed by atoms with E-state index in [0.717, 1.165) is 47.7 Å². The molecule has 1 N–H and O–H groups in total. The zero-order valence-electron chi connectivity index (χ0n) is 11.2. The highest BCUT2D eigenvalue weighted by atomic mass is 35.5. The first-order valence-corrected chi connectivity index (χ1v) is 7.25. The Labute approximate surface area is 131 Å². The van der Waals surface area contributed by atoms with Crippen LogP contribution in [0, 0.1) is 5.92 Å². The first-order chi connectivity index (χ1) is 8.69. The summed E-state index contributed by atoms with van der Waals surface area (Å²) < 4.78 is 0. The zero-order chi connectivity index (χ0) is 13.0. The van der Waals surface area contributed by atoms with Crippen molar-refractivity contribution in [3.8, 4) is 0 Å². The van der Waals surface area contributed by atoms with Crippen LogP contribution in [0.2, 0.25) is 10.0 Å². The fraction of sp³-hybridized carbons (Fsp3) is 0.571. The van der Waals surface area contributed by atoms with Crippen molar-refractivity contribution in [1.29, 1.82) is 0 Å². The summed E-state index contributed by atoms with van der Waals surface area (Å²) in [4.78, 5) is 2.46. The topological polar surface area (TPSA) is 15.3 Å². The summed E-state index contributed by atoms with van der Waals surface area (Å²) in [6.07, 6.45) is 2.53. The molecule has 108 valence electrons. The van der Waals surface area contributed by atoms with Gasteiger partial charge < -0.3 is 5.32 Å². The lowest BCUT2D eigenvalue weighted by atomic mass is 9.96. The molecule has 0 bridgehead atoms. The summed E-state index contributed by atoms with van der Waals surface area (Å²) >= 11 is 12.2. The molecule has 0 saturated carbocycles. The predicted molar refractivity (Wildman–Crippen MR) is 85.6 cm³/mol. The van der Waals surface area contributed by atoms with Gasteiger partial charge in [-0.3, -0.25) is 4.90 Å². The van der Waals surface area contributed by atoms with Crippen LogP contribution in [0.15, 0.2) is 18.2 Å². The maximum Gasteiger partial charge on any atom is 0.0452 e. The Hall–Kier alpha value is 0.01000. The first-order valence-electron chi connectivity index (χ1n) is 6.50. The lowest BCUT2D eigenvalue weighted by Gasteiger charge is -2.32. The zero-order valence-corrected chi connectivity index (χ0v) is 13.5. The monoisotopic (exact) mass is 322 g/mol. The minimum Gasteiger partial charge on any atom is -0.319 e. The van der Waals surface area contributed by atoms with Crippen molar-refractivity contribution in [3.05, 3.63) is 33.8 Å². The second kappa shape index (κ2) is 8.33. The van der Waals surface area contributed by atoms with Gasteiger partial charge in [0.15, 0.2) is 0 Å². The number of piperidine rings is 1. The third-order valence-electron chi connectivity index (χ3n) is 3.60. The van der Waals surface area contributed by atoms with Crippen LogP contribution >= 0.6 is 35.6 Å². The number of hydrogen-bond donors (Lipinski definition) is 1. The Morgan fingerprint density at radius 3 is 2.58 bits per heavy atom. The molecule has 2 rings (SSSR count). The Balaban J connectivity index is 0.00000180. The summed E-state index contributed by atoms with van der Waals surface area (Å²) in [5.41, 5.74) is 1.14. The fourth-order valence-corrected chi connectivity index (χ4v) is 2.91. The van der Waals surface area contributed by atoms with Crippen LogP contribution < -0.4 is 5.32 Å². The van der Waals surface area contributed by atoms with Gasteiger partial charge in [0.25, 0.3) is 0 Å². The Morgan fingerprint density at radius 1 is 1.26 bits per heavy atom. The molecular formula is C14H21Cl3N2. The van der Waals surface area contributed by atoms with Crippen LogP contribution in [0.25, 0.3) is 0 Å². The van der Waals surface area contributed by atoms with E-state index in [1.54, 1.807) is 0 Å². The van der Waals surface area contributed by atoms with Crippen LogP contribution in [-0.2, 0) is 6.54 Å². The van der Waals surface area contributed by atoms with E-state index in [1.807, 2.05) is 25.2 Å². The molecule has 1 aliphatic heterocycles. The fourth-order valence-electron chi connectivity index (χ4n) is 2.54. The van der Waals surface area contributed by atoms with Gasteiger partial charge in [0.1, 0.15) is 0 Å². The van der Waals surface area contributed by atoms with Crippen molar-refractivity contribution < 1.29 is 0 Å². The van der Waals surface area contributed by atoms with E-state index in [2.05, 4.69) is 10.2 Å². The summed E-state index contributed by atoms with van der Waals surface area (Å²) in [6.45, 7) is 4.34.